The molecule has 0 aliphatic carbocycles. The highest BCUT2D eigenvalue weighted by molar-refractivity contribution is 6.33. The van der Waals surface area contributed by atoms with Gasteiger partial charge in [0, 0.05) is 6.07 Å². The molecule has 18 heavy (non-hydrogen) atoms. The summed E-state index contributed by atoms with van der Waals surface area (Å²) in [6, 6.07) is 3.49. The normalized spacial score (nSPS) is 11.7. The monoisotopic (exact) mass is 286 g/mol. The summed E-state index contributed by atoms with van der Waals surface area (Å²) in [4.78, 5) is 9.75. The van der Waals surface area contributed by atoms with Crippen molar-refractivity contribution in [3.63, 3.8) is 0 Å². The summed E-state index contributed by atoms with van der Waals surface area (Å²) < 4.78 is 49.2. The molecule has 0 aliphatic heterocycles. The van der Waals surface area contributed by atoms with Crippen molar-refractivity contribution in [1.82, 2.24) is 0 Å². The summed E-state index contributed by atoms with van der Waals surface area (Å²) in [6.45, 7) is -1.45. The number of nitro benzene ring substituents is 1. The Bertz CT molecular complexity index is 456. The maximum atomic E-state index is 12.7. The summed E-state index contributed by atoms with van der Waals surface area (Å²) >= 11 is 5.58. The smallest absolute Gasteiger partial charge is 0.324 e. The number of rotatable bonds is 5. The molecule has 1 aromatic carbocycles. The minimum atomic E-state index is -4.30. The molecule has 0 aliphatic rings. The molecule has 0 radical (unpaired) electrons. The van der Waals surface area contributed by atoms with E-state index in [0.29, 0.717) is 0 Å². The Morgan fingerprint density at radius 3 is 2.56 bits per heavy atom. The molecular weight excluding hydrogens is 280 g/mol. The molecule has 0 bridgehead atoms. The number of benzene rings is 1. The minimum Gasteiger partial charge on any atom is -0.372 e. The average Bonchev–Trinajstić information content (AvgIpc) is 2.26. The van der Waals surface area contributed by atoms with Gasteiger partial charge in [-0.2, -0.15) is 8.78 Å². The zero-order valence-corrected chi connectivity index (χ0v) is 9.43. The Balaban J connectivity index is 2.95. The highest BCUT2D eigenvalue weighted by atomic mass is 35.5. The Kier molecular flexibility index (Phi) is 4.33. The fraction of sp³-hybridized carbons (Fsp3) is 0.333. The number of hydrogen-bond donors (Lipinski definition) is 1. The molecule has 0 fully saturated rings. The van der Waals surface area contributed by atoms with E-state index in [-0.39, 0.29) is 5.02 Å². The Morgan fingerprint density at radius 1 is 1.44 bits per heavy atom. The Labute approximate surface area is 104 Å². The number of hydrogen-bond acceptors (Lipinski definition) is 3. The molecule has 1 rings (SSSR count). The van der Waals surface area contributed by atoms with Crippen LogP contribution in [-0.4, -0.2) is 23.8 Å². The van der Waals surface area contributed by atoms with Crippen LogP contribution >= 0.6 is 11.6 Å². The molecule has 1 aromatic rings. The van der Waals surface area contributed by atoms with E-state index in [2.05, 4.69) is 0 Å². The number of para-hydroxylation sites is 1. The first-order valence-electron chi connectivity index (χ1n) is 4.58. The van der Waals surface area contributed by atoms with E-state index in [1.807, 2.05) is 5.32 Å². The van der Waals surface area contributed by atoms with Crippen LogP contribution in [0.1, 0.15) is 0 Å². The van der Waals surface area contributed by atoms with Gasteiger partial charge in [-0.15, -0.1) is 0 Å². The summed E-state index contributed by atoms with van der Waals surface area (Å²) in [5, 5.41) is 12.3. The van der Waals surface area contributed by atoms with Crippen molar-refractivity contribution in [2.24, 2.45) is 0 Å². The van der Waals surface area contributed by atoms with Gasteiger partial charge in [-0.3, -0.25) is 10.1 Å². The van der Waals surface area contributed by atoms with Gasteiger partial charge in [-0.1, -0.05) is 17.7 Å². The third-order valence-corrected chi connectivity index (χ3v) is 2.32. The number of nitrogens with one attached hydrogen (secondary N) is 1. The predicted molar refractivity (Wildman–Crippen MR) is 57.5 cm³/mol. The van der Waals surface area contributed by atoms with Gasteiger partial charge in [0.05, 0.1) is 16.5 Å². The second-order valence-electron chi connectivity index (χ2n) is 3.31. The van der Waals surface area contributed by atoms with Crippen LogP contribution < -0.4 is 5.32 Å². The van der Waals surface area contributed by atoms with Crippen LogP contribution in [0.4, 0.5) is 28.9 Å². The van der Waals surface area contributed by atoms with Gasteiger partial charge < -0.3 is 5.32 Å². The number of halogens is 5. The van der Waals surface area contributed by atoms with Gasteiger partial charge in [0.15, 0.2) is 0 Å². The summed E-state index contributed by atoms with van der Waals surface area (Å²) in [6.07, 6.45) is -3.87. The summed E-state index contributed by atoms with van der Waals surface area (Å²) in [7, 11) is 0. The van der Waals surface area contributed by atoms with Gasteiger partial charge >= 0.3 is 12.3 Å². The third-order valence-electron chi connectivity index (χ3n) is 2.01. The van der Waals surface area contributed by atoms with Crippen molar-refractivity contribution >= 4 is 23.0 Å². The minimum absolute atomic E-state index is 0.200. The van der Waals surface area contributed by atoms with Gasteiger partial charge in [-0.25, -0.2) is 8.78 Å². The summed E-state index contributed by atoms with van der Waals surface area (Å²) in [5.41, 5.74) is -0.975. The quantitative estimate of drug-likeness (QED) is 0.511. The van der Waals surface area contributed by atoms with E-state index in [9.17, 15) is 27.7 Å². The Hall–Kier alpha value is -1.57. The first-order valence-corrected chi connectivity index (χ1v) is 4.96. The number of alkyl halides is 4. The highest BCUT2D eigenvalue weighted by Gasteiger charge is 2.40. The van der Waals surface area contributed by atoms with Crippen LogP contribution in [0.25, 0.3) is 0 Å². The largest absolute Gasteiger partial charge is 0.372 e. The van der Waals surface area contributed by atoms with E-state index in [4.69, 9.17) is 11.6 Å². The Morgan fingerprint density at radius 2 is 2.06 bits per heavy atom. The van der Waals surface area contributed by atoms with Crippen LogP contribution in [0.15, 0.2) is 18.2 Å². The van der Waals surface area contributed by atoms with E-state index < -0.39 is 35.2 Å². The van der Waals surface area contributed by atoms with Crippen LogP contribution in [0.3, 0.4) is 0 Å². The second-order valence-corrected chi connectivity index (χ2v) is 3.71. The first kappa shape index (κ1) is 14.5. The van der Waals surface area contributed by atoms with Crippen LogP contribution in [0, 0.1) is 10.1 Å². The SMILES string of the molecule is O=[N+]([O-])c1cccc(Cl)c1NCC(F)(F)C(F)F. The maximum absolute atomic E-state index is 12.7. The van der Waals surface area contributed by atoms with E-state index in [1.165, 1.54) is 12.1 Å². The molecule has 0 amide bonds. The lowest BCUT2D eigenvalue weighted by Crippen LogP contribution is -2.35. The molecule has 4 nitrogen and oxygen atoms in total. The molecule has 1 N–H and O–H groups in total. The lowest BCUT2D eigenvalue weighted by molar-refractivity contribution is -0.384. The molecule has 100 valence electrons. The summed E-state index contributed by atoms with van der Waals surface area (Å²) in [5.74, 6) is -4.30. The third kappa shape index (κ3) is 3.22. The van der Waals surface area contributed by atoms with E-state index in [0.717, 1.165) is 6.07 Å². The van der Waals surface area contributed by atoms with Crippen molar-refractivity contribution < 1.29 is 22.5 Å². The number of nitrogens with zero attached hydrogens (tertiary/aromatic N) is 1. The standard InChI is InChI=1S/C9H7ClF4N2O2/c10-5-2-1-3-6(16(17)18)7(5)15-4-9(13,14)8(11)12/h1-3,8,15H,4H2. The molecule has 0 aromatic heterocycles. The number of anilines is 1. The topological polar surface area (TPSA) is 55.2 Å². The molecule has 0 heterocycles. The van der Waals surface area contributed by atoms with Crippen molar-refractivity contribution in [3.8, 4) is 0 Å². The van der Waals surface area contributed by atoms with Gasteiger partial charge in [0.2, 0.25) is 0 Å². The van der Waals surface area contributed by atoms with Crippen molar-refractivity contribution in [1.29, 1.82) is 0 Å². The van der Waals surface area contributed by atoms with Crippen molar-refractivity contribution in [2.75, 3.05) is 11.9 Å². The molecule has 0 spiro atoms. The molecule has 9 heteroatoms. The second kappa shape index (κ2) is 5.38. The fourth-order valence-electron chi connectivity index (χ4n) is 1.12. The van der Waals surface area contributed by atoms with Crippen LogP contribution in [0.5, 0.6) is 0 Å². The van der Waals surface area contributed by atoms with Crippen molar-refractivity contribution in [2.45, 2.75) is 12.3 Å². The molecule has 0 unspecified atom stereocenters. The van der Waals surface area contributed by atoms with Gasteiger partial charge in [-0.05, 0) is 6.07 Å². The maximum Gasteiger partial charge on any atom is 0.324 e. The number of nitro groups is 1. The zero-order chi connectivity index (χ0) is 13.9. The lowest BCUT2D eigenvalue weighted by atomic mass is 10.2. The molecular formula is C9H7ClF4N2O2. The van der Waals surface area contributed by atoms with Crippen LogP contribution in [-0.2, 0) is 0 Å². The fourth-order valence-corrected chi connectivity index (χ4v) is 1.36. The molecule has 0 saturated heterocycles. The predicted octanol–water partition coefficient (Wildman–Crippen LogP) is 3.56. The first-order chi connectivity index (χ1) is 8.25. The zero-order valence-electron chi connectivity index (χ0n) is 8.67. The van der Waals surface area contributed by atoms with Crippen LogP contribution in [0.2, 0.25) is 5.02 Å². The average molecular weight is 287 g/mol. The van der Waals surface area contributed by atoms with E-state index in [1.54, 1.807) is 0 Å². The van der Waals surface area contributed by atoms with Gasteiger partial charge in [0.25, 0.3) is 5.69 Å². The highest BCUT2D eigenvalue weighted by Crippen LogP contribution is 2.33. The van der Waals surface area contributed by atoms with Crippen molar-refractivity contribution in [3.05, 3.63) is 33.3 Å². The van der Waals surface area contributed by atoms with Gasteiger partial charge in [0.1, 0.15) is 5.69 Å². The molecule has 0 saturated carbocycles. The lowest BCUT2D eigenvalue weighted by Gasteiger charge is -2.17. The van der Waals surface area contributed by atoms with E-state index >= 15 is 0 Å². The molecule has 0 atom stereocenters.